The largest absolute Gasteiger partial charge is 0.320 e. The first-order valence-corrected chi connectivity index (χ1v) is 8.23. The van der Waals surface area contributed by atoms with Gasteiger partial charge in [0.1, 0.15) is 0 Å². The maximum Gasteiger partial charge on any atom is 0.0236 e. The van der Waals surface area contributed by atoms with Crippen molar-refractivity contribution in [3.8, 4) is 0 Å². The number of piperidine rings is 1. The van der Waals surface area contributed by atoms with Crippen molar-refractivity contribution < 1.29 is 0 Å². The molecular formula is C19H26N2. The zero-order valence-electron chi connectivity index (χ0n) is 13.0. The van der Waals surface area contributed by atoms with Gasteiger partial charge in [-0.15, -0.1) is 0 Å². The molecule has 0 saturated carbocycles. The van der Waals surface area contributed by atoms with Gasteiger partial charge in [-0.3, -0.25) is 4.90 Å². The second-order valence-electron chi connectivity index (χ2n) is 6.19. The minimum absolute atomic E-state index is 0.748. The Morgan fingerprint density at radius 2 is 1.95 bits per heavy atom. The number of likely N-dealkylation sites (tertiary alicyclic amines) is 1. The second-order valence-corrected chi connectivity index (χ2v) is 6.19. The van der Waals surface area contributed by atoms with Crippen LogP contribution in [0.3, 0.4) is 0 Å². The fourth-order valence-corrected chi connectivity index (χ4v) is 3.48. The van der Waals surface area contributed by atoms with Crippen LogP contribution >= 0.6 is 0 Å². The molecule has 0 aliphatic carbocycles. The minimum Gasteiger partial charge on any atom is -0.320 e. The first kappa shape index (κ1) is 14.6. The standard InChI is InChI=1S/C19H26N2/c1-20-12-11-19-8-4-5-13-21(19)15-16-9-10-17-6-2-3-7-18(17)14-16/h2-3,6-7,9-10,14,19-20H,4-5,8,11-13,15H2,1H3. The molecule has 2 aromatic rings. The molecule has 2 heteroatoms. The summed E-state index contributed by atoms with van der Waals surface area (Å²) in [4.78, 5) is 2.69. The molecule has 112 valence electrons. The van der Waals surface area contributed by atoms with Crippen molar-refractivity contribution in [3.05, 3.63) is 48.0 Å². The number of fused-ring (bicyclic) bond motifs is 1. The average molecular weight is 282 g/mol. The molecular weight excluding hydrogens is 256 g/mol. The average Bonchev–Trinajstić information content (AvgIpc) is 2.54. The van der Waals surface area contributed by atoms with E-state index in [1.165, 1.54) is 48.6 Å². The molecule has 3 rings (SSSR count). The number of nitrogens with one attached hydrogen (secondary N) is 1. The van der Waals surface area contributed by atoms with Gasteiger partial charge in [-0.1, -0.05) is 42.8 Å². The first-order chi connectivity index (χ1) is 10.4. The lowest BCUT2D eigenvalue weighted by atomic mass is 9.98. The van der Waals surface area contributed by atoms with Crippen LogP contribution in [-0.2, 0) is 6.54 Å². The van der Waals surface area contributed by atoms with Gasteiger partial charge in [0.15, 0.2) is 0 Å². The van der Waals surface area contributed by atoms with Gasteiger partial charge in [0, 0.05) is 12.6 Å². The van der Waals surface area contributed by atoms with Gasteiger partial charge in [0.25, 0.3) is 0 Å². The molecule has 2 aromatic carbocycles. The van der Waals surface area contributed by atoms with Gasteiger partial charge >= 0.3 is 0 Å². The second kappa shape index (κ2) is 7.06. The van der Waals surface area contributed by atoms with Crippen LogP contribution in [0, 0.1) is 0 Å². The summed E-state index contributed by atoms with van der Waals surface area (Å²) in [5.74, 6) is 0. The molecule has 1 atom stereocenters. The maximum atomic E-state index is 3.30. The third kappa shape index (κ3) is 3.63. The molecule has 1 aliphatic heterocycles. The van der Waals surface area contributed by atoms with Crippen LogP contribution in [0.25, 0.3) is 10.8 Å². The third-order valence-electron chi connectivity index (χ3n) is 4.68. The number of nitrogens with zero attached hydrogens (tertiary/aromatic N) is 1. The van der Waals surface area contributed by atoms with Crippen molar-refractivity contribution in [1.82, 2.24) is 10.2 Å². The summed E-state index contributed by atoms with van der Waals surface area (Å²) in [6.45, 7) is 3.47. The predicted octanol–water partition coefficient (Wildman–Crippen LogP) is 3.80. The highest BCUT2D eigenvalue weighted by molar-refractivity contribution is 5.82. The SMILES string of the molecule is CNCCC1CCCCN1Cc1ccc2ccccc2c1. The number of hydrogen-bond acceptors (Lipinski definition) is 2. The highest BCUT2D eigenvalue weighted by atomic mass is 15.2. The molecule has 1 fully saturated rings. The van der Waals surface area contributed by atoms with Gasteiger partial charge in [0.05, 0.1) is 0 Å². The zero-order valence-corrected chi connectivity index (χ0v) is 13.0. The Bertz CT molecular complexity index is 579. The maximum absolute atomic E-state index is 3.30. The quantitative estimate of drug-likeness (QED) is 0.897. The Morgan fingerprint density at radius 3 is 2.81 bits per heavy atom. The van der Waals surface area contributed by atoms with E-state index in [0.717, 1.165) is 19.1 Å². The molecule has 0 bridgehead atoms. The van der Waals surface area contributed by atoms with Crippen molar-refractivity contribution in [2.24, 2.45) is 0 Å². The molecule has 0 amide bonds. The van der Waals surface area contributed by atoms with Gasteiger partial charge in [0.2, 0.25) is 0 Å². The van der Waals surface area contributed by atoms with Crippen molar-refractivity contribution in [3.63, 3.8) is 0 Å². The van der Waals surface area contributed by atoms with Crippen LogP contribution in [0.2, 0.25) is 0 Å². The van der Waals surface area contributed by atoms with Crippen LogP contribution in [0.15, 0.2) is 42.5 Å². The summed E-state index contributed by atoms with van der Waals surface area (Å²) in [7, 11) is 2.05. The van der Waals surface area contributed by atoms with E-state index in [4.69, 9.17) is 0 Å². The topological polar surface area (TPSA) is 15.3 Å². The molecule has 1 saturated heterocycles. The van der Waals surface area contributed by atoms with Gasteiger partial charge in [-0.05, 0) is 61.8 Å². The Hall–Kier alpha value is -1.38. The molecule has 21 heavy (non-hydrogen) atoms. The van der Waals surface area contributed by atoms with E-state index in [1.807, 2.05) is 0 Å². The Balaban J connectivity index is 1.72. The van der Waals surface area contributed by atoms with Gasteiger partial charge < -0.3 is 5.32 Å². The summed E-state index contributed by atoms with van der Waals surface area (Å²) >= 11 is 0. The molecule has 0 spiro atoms. The Labute approximate surface area is 128 Å². The highest BCUT2D eigenvalue weighted by Crippen LogP contribution is 2.23. The molecule has 1 aliphatic rings. The van der Waals surface area contributed by atoms with Crippen LogP contribution in [-0.4, -0.2) is 31.1 Å². The molecule has 1 N–H and O–H groups in total. The number of hydrogen-bond donors (Lipinski definition) is 1. The monoisotopic (exact) mass is 282 g/mol. The summed E-state index contributed by atoms with van der Waals surface area (Å²) in [5, 5.41) is 6.00. The fraction of sp³-hybridized carbons (Fsp3) is 0.474. The molecule has 2 nitrogen and oxygen atoms in total. The summed E-state index contributed by atoms with van der Waals surface area (Å²) in [6, 6.07) is 16.3. The van der Waals surface area contributed by atoms with Crippen LogP contribution in [0.4, 0.5) is 0 Å². The van der Waals surface area contributed by atoms with Crippen molar-refractivity contribution in [1.29, 1.82) is 0 Å². The molecule has 1 heterocycles. The van der Waals surface area contributed by atoms with Crippen LogP contribution in [0.1, 0.15) is 31.2 Å². The normalized spacial score (nSPS) is 20.0. The molecule has 1 unspecified atom stereocenters. The van der Waals surface area contributed by atoms with E-state index < -0.39 is 0 Å². The number of benzene rings is 2. The van der Waals surface area contributed by atoms with E-state index in [-0.39, 0.29) is 0 Å². The van der Waals surface area contributed by atoms with E-state index in [0.29, 0.717) is 0 Å². The van der Waals surface area contributed by atoms with E-state index in [1.54, 1.807) is 0 Å². The van der Waals surface area contributed by atoms with Crippen molar-refractivity contribution in [2.75, 3.05) is 20.1 Å². The lowest BCUT2D eigenvalue weighted by molar-refractivity contribution is 0.132. The van der Waals surface area contributed by atoms with Crippen LogP contribution in [0.5, 0.6) is 0 Å². The lowest BCUT2D eigenvalue weighted by Crippen LogP contribution is -2.40. The fourth-order valence-electron chi connectivity index (χ4n) is 3.48. The van der Waals surface area contributed by atoms with E-state index in [9.17, 15) is 0 Å². The molecule has 0 radical (unpaired) electrons. The summed E-state index contributed by atoms with van der Waals surface area (Å²) in [5.41, 5.74) is 1.45. The Morgan fingerprint density at radius 1 is 1.10 bits per heavy atom. The van der Waals surface area contributed by atoms with Gasteiger partial charge in [-0.25, -0.2) is 0 Å². The smallest absolute Gasteiger partial charge is 0.0236 e. The van der Waals surface area contributed by atoms with E-state index in [2.05, 4.69) is 59.7 Å². The first-order valence-electron chi connectivity index (χ1n) is 8.23. The van der Waals surface area contributed by atoms with Crippen molar-refractivity contribution >= 4 is 10.8 Å². The summed E-state index contributed by atoms with van der Waals surface area (Å²) < 4.78 is 0. The highest BCUT2D eigenvalue weighted by Gasteiger charge is 2.21. The molecule has 0 aromatic heterocycles. The van der Waals surface area contributed by atoms with E-state index >= 15 is 0 Å². The van der Waals surface area contributed by atoms with Gasteiger partial charge in [-0.2, -0.15) is 0 Å². The van der Waals surface area contributed by atoms with Crippen molar-refractivity contribution in [2.45, 2.75) is 38.3 Å². The lowest BCUT2D eigenvalue weighted by Gasteiger charge is -2.36. The van der Waals surface area contributed by atoms with Crippen LogP contribution < -0.4 is 5.32 Å². The Kier molecular flexibility index (Phi) is 4.89. The predicted molar refractivity (Wildman–Crippen MR) is 90.5 cm³/mol. The minimum atomic E-state index is 0.748. The summed E-state index contributed by atoms with van der Waals surface area (Å²) in [6.07, 6.45) is 5.37. The third-order valence-corrected chi connectivity index (χ3v) is 4.68. The number of rotatable bonds is 5. The zero-order chi connectivity index (χ0) is 14.5.